The molecule has 2 unspecified atom stereocenters. The first-order valence-corrected chi connectivity index (χ1v) is 10.1. The van der Waals surface area contributed by atoms with Crippen LogP contribution in [-0.2, 0) is 14.3 Å². The maximum absolute atomic E-state index is 12.4. The van der Waals surface area contributed by atoms with Gasteiger partial charge in [0, 0.05) is 30.8 Å². The molecule has 1 aromatic heterocycles. The molecule has 0 saturated carbocycles. The number of nitrogen functional groups attached to an aromatic ring is 1. The van der Waals surface area contributed by atoms with Gasteiger partial charge in [0.05, 0.1) is 13.2 Å². The van der Waals surface area contributed by atoms with Crippen LogP contribution in [0.1, 0.15) is 26.1 Å². The van der Waals surface area contributed by atoms with E-state index in [1.807, 2.05) is 0 Å². The summed E-state index contributed by atoms with van der Waals surface area (Å²) in [6.07, 6.45) is -0.204. The number of carbonyl (C=O) groups is 3. The Bertz CT molecular complexity index is 1100. The van der Waals surface area contributed by atoms with E-state index in [0.717, 1.165) is 5.69 Å². The van der Waals surface area contributed by atoms with Crippen molar-refractivity contribution >= 4 is 78.7 Å². The molecule has 34 heavy (non-hydrogen) atoms. The van der Waals surface area contributed by atoms with Crippen molar-refractivity contribution in [3.05, 3.63) is 40.2 Å². The van der Waals surface area contributed by atoms with Crippen LogP contribution in [0.25, 0.3) is 0 Å². The van der Waals surface area contributed by atoms with Gasteiger partial charge in [0.25, 0.3) is 11.5 Å². The summed E-state index contributed by atoms with van der Waals surface area (Å²) >= 11 is 0. The van der Waals surface area contributed by atoms with Crippen LogP contribution in [0.15, 0.2) is 29.1 Å². The number of ether oxygens (including phenoxy) is 1. The molecule has 14 heteroatoms. The van der Waals surface area contributed by atoms with Crippen molar-refractivity contribution in [1.82, 2.24) is 15.3 Å². The minimum absolute atomic E-state index is 0. The maximum atomic E-state index is 12.4. The maximum Gasteiger partial charge on any atom is 2.00 e. The van der Waals surface area contributed by atoms with Crippen molar-refractivity contribution in [3.63, 3.8) is 0 Å². The fourth-order valence-corrected chi connectivity index (χ4v) is 3.19. The first kappa shape index (κ1) is 27.2. The molecule has 0 spiro atoms. The van der Waals surface area contributed by atoms with E-state index in [0.29, 0.717) is 24.6 Å². The van der Waals surface area contributed by atoms with Gasteiger partial charge in [0.15, 0.2) is 5.82 Å². The van der Waals surface area contributed by atoms with E-state index in [9.17, 15) is 24.3 Å². The zero-order valence-electron chi connectivity index (χ0n) is 20.5. The number of anilines is 4. The van der Waals surface area contributed by atoms with Crippen LogP contribution in [0.5, 0.6) is 0 Å². The Morgan fingerprint density at radius 1 is 1.32 bits per heavy atom. The third-order valence-electron chi connectivity index (χ3n) is 4.97. The quantitative estimate of drug-likeness (QED) is 0.175. The number of carboxylic acids is 1. The number of carboxylic acid groups (broad SMARTS) is 1. The summed E-state index contributed by atoms with van der Waals surface area (Å²) < 4.78 is 4.49. The fourth-order valence-electron chi connectivity index (χ4n) is 3.19. The summed E-state index contributed by atoms with van der Waals surface area (Å²) in [5, 5.41) is 21.0. The number of aliphatic carboxylic acids is 1. The molecule has 1 aliphatic heterocycles. The third kappa shape index (κ3) is 7.23. The Morgan fingerprint density at radius 3 is 2.68 bits per heavy atom. The molecular formula is C20H27CaN7O6. The standard InChI is InChI=1S/C20H25N7O6.Ca.2H/c1-33-14(28)7-6-13(19(31)32)25-17(29)10-2-4-11(5-3-10)22-8-12-9-23-16-15(24-12)18(30)27-20(21)26-16;;;/h2-5,12-13,22,24H,6-9H2,1H3,(H,25,29)(H,31,32)(H4,21,23,26,27,30);;;/q;+2;2*-1. The van der Waals surface area contributed by atoms with E-state index < -0.39 is 23.9 Å². The Morgan fingerprint density at radius 2 is 2.03 bits per heavy atom. The van der Waals surface area contributed by atoms with Crippen LogP contribution >= 0.6 is 0 Å². The number of hydrogen-bond donors (Lipinski definition) is 7. The average molecular weight is 502 g/mol. The van der Waals surface area contributed by atoms with Crippen molar-refractivity contribution in [2.75, 3.05) is 41.9 Å². The Kier molecular flexibility index (Phi) is 9.96. The molecule has 0 aliphatic carbocycles. The topological polar surface area (TPSA) is 201 Å². The van der Waals surface area contributed by atoms with Gasteiger partial charge in [-0.2, -0.15) is 4.98 Å². The van der Waals surface area contributed by atoms with Crippen LogP contribution in [0.4, 0.5) is 23.1 Å². The molecule has 0 fully saturated rings. The number of aromatic amines is 1. The molecule has 2 atom stereocenters. The Hall–Kier alpha value is -3.03. The number of rotatable bonds is 9. The number of carbonyl (C=O) groups excluding carboxylic acids is 2. The van der Waals surface area contributed by atoms with Crippen molar-refractivity contribution in [1.29, 1.82) is 0 Å². The number of H-pyrrole nitrogens is 1. The van der Waals surface area contributed by atoms with Gasteiger partial charge in [-0.05, 0) is 30.7 Å². The van der Waals surface area contributed by atoms with Gasteiger partial charge < -0.3 is 39.7 Å². The smallest absolute Gasteiger partial charge is 1.00 e. The molecule has 0 radical (unpaired) electrons. The summed E-state index contributed by atoms with van der Waals surface area (Å²) in [5.41, 5.74) is 6.48. The van der Waals surface area contributed by atoms with Crippen molar-refractivity contribution in [3.8, 4) is 0 Å². The number of hydrogen-bond acceptors (Lipinski definition) is 10. The van der Waals surface area contributed by atoms with Crippen molar-refractivity contribution < 1.29 is 27.1 Å². The number of nitrogens with two attached hydrogens (primary N) is 1. The minimum atomic E-state index is -1.24. The number of methoxy groups -OCH3 is 1. The second-order valence-corrected chi connectivity index (χ2v) is 7.33. The number of benzene rings is 1. The van der Waals surface area contributed by atoms with Gasteiger partial charge in [0.1, 0.15) is 11.7 Å². The van der Waals surface area contributed by atoms with Gasteiger partial charge in [-0.15, -0.1) is 0 Å². The van der Waals surface area contributed by atoms with Crippen LogP contribution in [0, 0.1) is 0 Å². The molecule has 2 aromatic rings. The molecule has 3 rings (SSSR count). The molecule has 1 amide bonds. The normalized spacial score (nSPS) is 14.8. The molecule has 2 heterocycles. The number of esters is 1. The molecule has 0 bridgehead atoms. The summed E-state index contributed by atoms with van der Waals surface area (Å²) in [6, 6.07) is 5.14. The van der Waals surface area contributed by atoms with Gasteiger partial charge in [-0.3, -0.25) is 19.4 Å². The van der Waals surface area contributed by atoms with Gasteiger partial charge >= 0.3 is 49.7 Å². The van der Waals surface area contributed by atoms with Crippen LogP contribution in [0.3, 0.4) is 0 Å². The summed E-state index contributed by atoms with van der Waals surface area (Å²) in [6.45, 7) is 0.981. The number of nitrogens with zero attached hydrogens (tertiary/aromatic N) is 1. The van der Waals surface area contributed by atoms with E-state index in [1.54, 1.807) is 24.3 Å². The minimum Gasteiger partial charge on any atom is -1.00 e. The van der Waals surface area contributed by atoms with Crippen molar-refractivity contribution in [2.24, 2.45) is 0 Å². The number of fused-ring (bicyclic) bond motifs is 1. The monoisotopic (exact) mass is 501 g/mol. The van der Waals surface area contributed by atoms with E-state index in [1.165, 1.54) is 7.11 Å². The van der Waals surface area contributed by atoms with Gasteiger partial charge in [0.2, 0.25) is 5.95 Å². The molecule has 0 saturated heterocycles. The summed E-state index contributed by atoms with van der Waals surface area (Å²) in [7, 11) is 1.21. The van der Waals surface area contributed by atoms with Gasteiger partial charge in [-0.25, -0.2) is 4.79 Å². The van der Waals surface area contributed by atoms with Gasteiger partial charge in [-0.1, -0.05) is 0 Å². The van der Waals surface area contributed by atoms with Crippen LogP contribution < -0.4 is 32.6 Å². The number of amides is 1. The van der Waals surface area contributed by atoms with Crippen LogP contribution in [-0.4, -0.2) is 103 Å². The fraction of sp³-hybridized carbons (Fsp3) is 0.350. The first-order valence-electron chi connectivity index (χ1n) is 10.1. The van der Waals surface area contributed by atoms with Crippen molar-refractivity contribution in [2.45, 2.75) is 24.9 Å². The van der Waals surface area contributed by atoms with E-state index in [4.69, 9.17) is 5.73 Å². The molecule has 1 aromatic carbocycles. The number of aromatic nitrogens is 2. The largest absolute Gasteiger partial charge is 2.00 e. The number of nitrogens with one attached hydrogen (secondary N) is 5. The second-order valence-electron chi connectivity index (χ2n) is 7.33. The van der Waals surface area contributed by atoms with Crippen LogP contribution in [0.2, 0.25) is 0 Å². The molecular weight excluding hydrogens is 474 g/mol. The predicted molar refractivity (Wildman–Crippen MR) is 128 cm³/mol. The first-order chi connectivity index (χ1) is 15.8. The molecule has 13 nitrogen and oxygen atoms in total. The second kappa shape index (κ2) is 12.4. The molecule has 1 aliphatic rings. The van der Waals surface area contributed by atoms with E-state index in [2.05, 4.69) is 36.0 Å². The Labute approximate surface area is 227 Å². The zero-order chi connectivity index (χ0) is 24.0. The Balaban J connectivity index is 0.00000408. The summed E-state index contributed by atoms with van der Waals surface area (Å²) in [5.74, 6) is -1.93. The third-order valence-corrected chi connectivity index (χ3v) is 4.97. The SMILES string of the molecule is COC(=O)CCC(NC(=O)c1ccc(NCC2CNc3nc(N)[nH]c(=O)c3N2)cc1)C(=O)O.[Ca+2].[H-].[H-]. The average Bonchev–Trinajstić information content (AvgIpc) is 2.80. The summed E-state index contributed by atoms with van der Waals surface area (Å²) in [4.78, 5) is 53.5. The van der Waals surface area contributed by atoms with E-state index >= 15 is 0 Å². The predicted octanol–water partition coefficient (Wildman–Crippen LogP) is -0.349. The van der Waals surface area contributed by atoms with E-state index in [-0.39, 0.29) is 76.5 Å². The molecule has 8 N–H and O–H groups in total. The zero-order valence-corrected chi connectivity index (χ0v) is 20.7. The molecule has 180 valence electrons.